The fourth-order valence-corrected chi connectivity index (χ4v) is 5.63. The van der Waals surface area contributed by atoms with Gasteiger partial charge in [0.1, 0.15) is 5.69 Å². The number of carbonyl (C=O) groups is 1. The lowest BCUT2D eigenvalue weighted by molar-refractivity contribution is -0.384. The third-order valence-corrected chi connectivity index (χ3v) is 7.56. The normalized spacial score (nSPS) is 15.2. The Balaban J connectivity index is 1.79. The summed E-state index contributed by atoms with van der Waals surface area (Å²) < 4.78 is 28.2. The first-order valence-electron chi connectivity index (χ1n) is 11.3. The van der Waals surface area contributed by atoms with Crippen molar-refractivity contribution in [3.63, 3.8) is 0 Å². The molecule has 2 aromatic rings. The van der Waals surface area contributed by atoms with Crippen LogP contribution < -0.4 is 14.9 Å². The summed E-state index contributed by atoms with van der Waals surface area (Å²) in [5.74, 6) is 0.0727. The van der Waals surface area contributed by atoms with Gasteiger partial charge in [-0.2, -0.15) is 0 Å². The average Bonchev–Trinajstić information content (AvgIpc) is 2.76. The van der Waals surface area contributed by atoms with Crippen molar-refractivity contribution in [2.45, 2.75) is 57.5 Å². The summed E-state index contributed by atoms with van der Waals surface area (Å²) in [6.07, 6.45) is 1.93. The largest absolute Gasteiger partial charge is 0.366 e. The van der Waals surface area contributed by atoms with Crippen molar-refractivity contribution < 1.29 is 18.1 Å². The van der Waals surface area contributed by atoms with E-state index in [2.05, 4.69) is 17.0 Å². The number of amides is 1. The Kier molecular flexibility index (Phi) is 7.62. The third kappa shape index (κ3) is 6.32. The van der Waals surface area contributed by atoms with Crippen molar-refractivity contribution in [3.8, 4) is 0 Å². The molecule has 3 rings (SSSR count). The molecule has 2 aromatic carbocycles. The van der Waals surface area contributed by atoms with Crippen LogP contribution in [0.2, 0.25) is 0 Å². The van der Waals surface area contributed by atoms with Crippen LogP contribution in [0.15, 0.2) is 47.4 Å². The van der Waals surface area contributed by atoms with E-state index in [1.54, 1.807) is 51.1 Å². The van der Waals surface area contributed by atoms with Crippen LogP contribution in [-0.2, 0) is 16.6 Å². The summed E-state index contributed by atoms with van der Waals surface area (Å²) >= 11 is 0. The van der Waals surface area contributed by atoms with E-state index in [0.29, 0.717) is 17.2 Å². The highest BCUT2D eigenvalue weighted by Crippen LogP contribution is 2.32. The first kappa shape index (κ1) is 25.6. The smallest absolute Gasteiger partial charge is 0.293 e. The number of nitrogens with zero attached hydrogens (tertiary/aromatic N) is 2. The first-order valence-corrected chi connectivity index (χ1v) is 12.8. The number of anilines is 1. The van der Waals surface area contributed by atoms with E-state index in [0.717, 1.165) is 25.9 Å². The van der Waals surface area contributed by atoms with Crippen LogP contribution in [0.25, 0.3) is 0 Å². The minimum atomic E-state index is -3.80. The zero-order chi connectivity index (χ0) is 25.1. The molecule has 0 saturated carbocycles. The molecular formula is C24H32N4O5S. The molecule has 0 radical (unpaired) electrons. The van der Waals surface area contributed by atoms with E-state index < -0.39 is 26.4 Å². The third-order valence-electron chi connectivity index (χ3n) is 5.70. The molecular weight excluding hydrogens is 456 g/mol. The van der Waals surface area contributed by atoms with E-state index in [9.17, 15) is 23.3 Å². The minimum Gasteiger partial charge on any atom is -0.366 e. The fraction of sp³-hybridized carbons (Fsp3) is 0.458. The predicted octanol–water partition coefficient (Wildman–Crippen LogP) is 3.84. The fourth-order valence-electron chi connectivity index (χ4n) is 3.98. The van der Waals surface area contributed by atoms with Gasteiger partial charge in [-0.25, -0.2) is 13.1 Å². The van der Waals surface area contributed by atoms with Crippen LogP contribution in [0.5, 0.6) is 0 Å². The number of nitro benzene ring substituents is 1. The lowest BCUT2D eigenvalue weighted by atomic mass is 9.98. The molecule has 0 unspecified atom stereocenters. The van der Waals surface area contributed by atoms with Gasteiger partial charge in [0.15, 0.2) is 0 Å². The van der Waals surface area contributed by atoms with Gasteiger partial charge in [0.25, 0.3) is 11.6 Å². The molecule has 1 aliphatic rings. The maximum absolute atomic E-state index is 12.8. The van der Waals surface area contributed by atoms with E-state index >= 15 is 0 Å². The number of benzene rings is 2. The van der Waals surface area contributed by atoms with Crippen molar-refractivity contribution in [3.05, 3.63) is 63.7 Å². The second kappa shape index (κ2) is 10.1. The Bertz CT molecular complexity index is 1170. The summed E-state index contributed by atoms with van der Waals surface area (Å²) in [6.45, 7) is 8.84. The highest BCUT2D eigenvalue weighted by Gasteiger charge is 2.26. The van der Waals surface area contributed by atoms with Gasteiger partial charge >= 0.3 is 0 Å². The molecule has 0 aromatic heterocycles. The predicted molar refractivity (Wildman–Crippen MR) is 131 cm³/mol. The second-order valence-corrected chi connectivity index (χ2v) is 11.4. The zero-order valence-corrected chi connectivity index (χ0v) is 20.8. The summed E-state index contributed by atoms with van der Waals surface area (Å²) in [6, 6.07) is 10.9. The van der Waals surface area contributed by atoms with E-state index in [-0.39, 0.29) is 22.7 Å². The topological polar surface area (TPSA) is 122 Å². The van der Waals surface area contributed by atoms with Gasteiger partial charge in [-0.05, 0) is 63.3 Å². The number of nitrogens with one attached hydrogen (secondary N) is 2. The van der Waals surface area contributed by atoms with Crippen molar-refractivity contribution in [1.82, 2.24) is 10.0 Å². The molecule has 1 saturated heterocycles. The SMILES string of the molecule is CC1CCN(c2ccc(C(=O)NCc3ccccc3S(=O)(=O)NC(C)(C)C)cc2[N+](=O)[O-])CC1. The Hall–Kier alpha value is -2.98. The van der Waals surface area contributed by atoms with Crippen molar-refractivity contribution in [2.75, 3.05) is 18.0 Å². The molecule has 184 valence electrons. The van der Waals surface area contributed by atoms with Crippen LogP contribution >= 0.6 is 0 Å². The summed E-state index contributed by atoms with van der Waals surface area (Å²) in [5.41, 5.74) is 0.301. The lowest BCUT2D eigenvalue weighted by Crippen LogP contribution is -2.41. The van der Waals surface area contributed by atoms with E-state index in [4.69, 9.17) is 0 Å². The molecule has 10 heteroatoms. The van der Waals surface area contributed by atoms with Gasteiger partial charge in [0.05, 0.1) is 9.82 Å². The van der Waals surface area contributed by atoms with Crippen LogP contribution in [0.3, 0.4) is 0 Å². The molecule has 0 atom stereocenters. The Labute approximate surface area is 200 Å². The van der Waals surface area contributed by atoms with Gasteiger partial charge in [-0.15, -0.1) is 0 Å². The van der Waals surface area contributed by atoms with Crippen molar-refractivity contribution in [2.24, 2.45) is 5.92 Å². The molecule has 1 fully saturated rings. The van der Waals surface area contributed by atoms with Gasteiger partial charge in [-0.3, -0.25) is 14.9 Å². The van der Waals surface area contributed by atoms with E-state index in [1.807, 2.05) is 4.90 Å². The zero-order valence-electron chi connectivity index (χ0n) is 20.0. The molecule has 2 N–H and O–H groups in total. The van der Waals surface area contributed by atoms with Gasteiger partial charge in [-0.1, -0.05) is 25.1 Å². The average molecular weight is 489 g/mol. The van der Waals surface area contributed by atoms with Crippen molar-refractivity contribution >= 4 is 27.3 Å². The lowest BCUT2D eigenvalue weighted by Gasteiger charge is -2.31. The monoisotopic (exact) mass is 488 g/mol. The number of sulfonamides is 1. The summed E-state index contributed by atoms with van der Waals surface area (Å²) in [5, 5.41) is 14.4. The minimum absolute atomic E-state index is 0.0420. The molecule has 1 amide bonds. The number of rotatable bonds is 7. The van der Waals surface area contributed by atoms with E-state index in [1.165, 1.54) is 12.1 Å². The number of nitro groups is 1. The molecule has 1 aliphatic heterocycles. The maximum Gasteiger partial charge on any atom is 0.293 e. The quantitative estimate of drug-likeness (QED) is 0.451. The summed E-state index contributed by atoms with van der Waals surface area (Å²) in [4.78, 5) is 26.1. The van der Waals surface area contributed by atoms with Gasteiger partial charge in [0.2, 0.25) is 10.0 Å². The summed E-state index contributed by atoms with van der Waals surface area (Å²) in [7, 11) is -3.80. The maximum atomic E-state index is 12.8. The number of carbonyl (C=O) groups excluding carboxylic acids is 1. The molecule has 0 bridgehead atoms. The number of piperidine rings is 1. The van der Waals surface area contributed by atoms with Crippen LogP contribution in [0, 0.1) is 16.0 Å². The number of hydrogen-bond acceptors (Lipinski definition) is 6. The molecule has 34 heavy (non-hydrogen) atoms. The molecule has 0 aliphatic carbocycles. The van der Waals surface area contributed by atoms with Crippen LogP contribution in [0.1, 0.15) is 56.5 Å². The molecule has 9 nitrogen and oxygen atoms in total. The Morgan fingerprint density at radius 2 is 1.79 bits per heavy atom. The number of hydrogen-bond donors (Lipinski definition) is 2. The van der Waals surface area contributed by atoms with Crippen molar-refractivity contribution in [1.29, 1.82) is 0 Å². The Morgan fingerprint density at radius 3 is 2.41 bits per heavy atom. The van der Waals surface area contributed by atoms with Gasteiger partial charge in [0, 0.05) is 36.8 Å². The first-order chi connectivity index (χ1) is 15.9. The highest BCUT2D eigenvalue weighted by molar-refractivity contribution is 7.89. The highest BCUT2D eigenvalue weighted by atomic mass is 32.2. The molecule has 1 heterocycles. The molecule has 0 spiro atoms. The Morgan fingerprint density at radius 1 is 1.15 bits per heavy atom. The standard InChI is InChI=1S/C24H32N4O5S/c1-17-11-13-27(14-12-17)20-10-9-18(15-21(20)28(30)31)23(29)25-16-19-7-5-6-8-22(19)34(32,33)26-24(2,3)4/h5-10,15,17,26H,11-14,16H2,1-4H3,(H,25,29). The van der Waals surface area contributed by atoms with Gasteiger partial charge < -0.3 is 10.2 Å². The van der Waals surface area contributed by atoms with Crippen LogP contribution in [-0.4, -0.2) is 37.9 Å². The van der Waals surface area contributed by atoms with Crippen LogP contribution in [0.4, 0.5) is 11.4 Å². The second-order valence-electron chi connectivity index (χ2n) is 9.78.